The number of ether oxygens (including phenoxy) is 1. The first kappa shape index (κ1) is 26.2. The number of pyridine rings is 1. The molecule has 0 atom stereocenters. The van der Waals surface area contributed by atoms with Crippen LogP contribution >= 0.6 is 24.0 Å². The molecule has 2 aliphatic rings. The zero-order chi connectivity index (χ0) is 27.0. The zero-order valence-electron chi connectivity index (χ0n) is 22.0. The SMILES string of the molecule is COc1ccc(N2CCN(c3nc4c(C)cccn4c(=O)c3C=C3SC(=S)N(CC(C)C)C3=O)CC2)cc1. The molecular weight excluding hydrogens is 518 g/mol. The van der Waals surface area contributed by atoms with Crippen LogP contribution in [0.5, 0.6) is 5.75 Å². The van der Waals surface area contributed by atoms with E-state index in [0.717, 1.165) is 30.1 Å². The molecule has 1 aromatic carbocycles. The third kappa shape index (κ3) is 5.02. The van der Waals surface area contributed by atoms with Crippen LogP contribution in [0.15, 0.2) is 52.3 Å². The smallest absolute Gasteiger partial charge is 0.267 e. The average molecular weight is 550 g/mol. The molecule has 0 bridgehead atoms. The van der Waals surface area contributed by atoms with Crippen molar-refractivity contribution in [2.24, 2.45) is 5.92 Å². The van der Waals surface area contributed by atoms with Gasteiger partial charge in [0.25, 0.3) is 11.5 Å². The second-order valence-corrected chi connectivity index (χ2v) is 11.6. The lowest BCUT2D eigenvalue weighted by Crippen LogP contribution is -2.47. The largest absolute Gasteiger partial charge is 0.497 e. The number of benzene rings is 1. The molecule has 0 spiro atoms. The lowest BCUT2D eigenvalue weighted by Gasteiger charge is -2.37. The topological polar surface area (TPSA) is 70.4 Å². The fraction of sp³-hybridized carbons (Fsp3) is 0.357. The number of amides is 1. The van der Waals surface area contributed by atoms with Gasteiger partial charge in [-0.1, -0.05) is 43.9 Å². The number of fused-ring (bicyclic) bond motifs is 1. The van der Waals surface area contributed by atoms with Gasteiger partial charge < -0.3 is 14.5 Å². The van der Waals surface area contributed by atoms with E-state index in [1.807, 2.05) is 45.0 Å². The molecule has 2 aromatic heterocycles. The molecule has 4 heterocycles. The predicted octanol–water partition coefficient (Wildman–Crippen LogP) is 4.20. The predicted molar refractivity (Wildman–Crippen MR) is 158 cm³/mol. The lowest BCUT2D eigenvalue weighted by molar-refractivity contribution is -0.122. The van der Waals surface area contributed by atoms with Crippen LogP contribution in [0.3, 0.4) is 0 Å². The van der Waals surface area contributed by atoms with Crippen LogP contribution in [0.25, 0.3) is 11.7 Å². The molecule has 0 saturated carbocycles. The van der Waals surface area contributed by atoms with Gasteiger partial charge in [0.2, 0.25) is 0 Å². The number of hydrogen-bond acceptors (Lipinski definition) is 8. The first-order chi connectivity index (χ1) is 18.3. The summed E-state index contributed by atoms with van der Waals surface area (Å²) in [5.41, 5.74) is 2.88. The molecule has 8 nitrogen and oxygen atoms in total. The Bertz CT molecular complexity index is 1470. The van der Waals surface area contributed by atoms with Crippen LogP contribution < -0.4 is 20.1 Å². The fourth-order valence-corrected chi connectivity index (χ4v) is 6.05. The Balaban J connectivity index is 1.51. The van der Waals surface area contributed by atoms with Crippen molar-refractivity contribution in [3.8, 4) is 5.75 Å². The molecule has 0 aliphatic carbocycles. The van der Waals surface area contributed by atoms with E-state index >= 15 is 0 Å². The Morgan fingerprint density at radius 1 is 1.08 bits per heavy atom. The van der Waals surface area contributed by atoms with Crippen molar-refractivity contribution in [2.45, 2.75) is 20.8 Å². The van der Waals surface area contributed by atoms with Crippen LogP contribution in [0.2, 0.25) is 0 Å². The minimum absolute atomic E-state index is 0.155. The van der Waals surface area contributed by atoms with Gasteiger partial charge in [-0.05, 0) is 54.8 Å². The summed E-state index contributed by atoms with van der Waals surface area (Å²) in [6.07, 6.45) is 3.42. The van der Waals surface area contributed by atoms with Gasteiger partial charge in [-0.25, -0.2) is 4.98 Å². The summed E-state index contributed by atoms with van der Waals surface area (Å²) in [6.45, 7) is 9.53. The van der Waals surface area contributed by atoms with E-state index in [2.05, 4.69) is 21.9 Å². The van der Waals surface area contributed by atoms with Crippen LogP contribution in [-0.2, 0) is 4.79 Å². The first-order valence-electron chi connectivity index (χ1n) is 12.7. The standard InChI is InChI=1S/C28H31N5O3S2/c1-18(2)17-33-27(35)23(38-28(33)37)16-22-25(29-24-19(3)6-5-11-32(24)26(22)34)31-14-12-30(13-15-31)20-7-9-21(36-4)10-8-20/h5-11,16,18H,12-15,17H2,1-4H3. The number of anilines is 2. The fourth-order valence-electron chi connectivity index (χ4n) is 4.79. The quantitative estimate of drug-likeness (QED) is 0.335. The summed E-state index contributed by atoms with van der Waals surface area (Å²) in [7, 11) is 1.66. The highest BCUT2D eigenvalue weighted by atomic mass is 32.2. The van der Waals surface area contributed by atoms with Crippen molar-refractivity contribution in [3.05, 3.63) is 69.0 Å². The molecule has 10 heteroatoms. The molecule has 0 N–H and O–H groups in total. The Morgan fingerprint density at radius 3 is 2.42 bits per heavy atom. The van der Waals surface area contributed by atoms with E-state index in [-0.39, 0.29) is 17.4 Å². The third-order valence-corrected chi connectivity index (χ3v) is 8.16. The van der Waals surface area contributed by atoms with Crippen molar-refractivity contribution >= 4 is 57.4 Å². The molecular formula is C28H31N5O3S2. The molecule has 3 aromatic rings. The highest BCUT2D eigenvalue weighted by Gasteiger charge is 2.33. The molecule has 2 fully saturated rings. The summed E-state index contributed by atoms with van der Waals surface area (Å²) in [5, 5.41) is 0. The van der Waals surface area contributed by atoms with Crippen molar-refractivity contribution < 1.29 is 9.53 Å². The van der Waals surface area contributed by atoms with Crippen LogP contribution in [0.4, 0.5) is 11.5 Å². The number of thioether (sulfide) groups is 1. The number of methoxy groups -OCH3 is 1. The van der Waals surface area contributed by atoms with E-state index < -0.39 is 0 Å². The van der Waals surface area contributed by atoms with Crippen LogP contribution in [-0.4, -0.2) is 64.3 Å². The van der Waals surface area contributed by atoms with Gasteiger partial charge in [0, 0.05) is 44.6 Å². The highest BCUT2D eigenvalue weighted by Crippen LogP contribution is 2.34. The summed E-state index contributed by atoms with van der Waals surface area (Å²) >= 11 is 6.74. The van der Waals surface area contributed by atoms with Crippen LogP contribution in [0, 0.1) is 12.8 Å². The number of aromatic nitrogens is 2. The van der Waals surface area contributed by atoms with E-state index in [1.165, 1.54) is 11.8 Å². The van der Waals surface area contributed by atoms with E-state index in [1.54, 1.807) is 28.7 Å². The van der Waals surface area contributed by atoms with Gasteiger partial charge in [-0.3, -0.25) is 18.9 Å². The summed E-state index contributed by atoms with van der Waals surface area (Å²) in [4.78, 5) is 38.5. The molecule has 0 radical (unpaired) electrons. The summed E-state index contributed by atoms with van der Waals surface area (Å²) < 4.78 is 7.37. The van der Waals surface area contributed by atoms with E-state index in [4.69, 9.17) is 21.9 Å². The number of piperazine rings is 1. The van der Waals surface area contributed by atoms with Crippen molar-refractivity contribution in [3.63, 3.8) is 0 Å². The number of rotatable bonds is 6. The summed E-state index contributed by atoms with van der Waals surface area (Å²) in [6, 6.07) is 11.8. The number of aryl methyl sites for hydroxylation is 1. The van der Waals surface area contributed by atoms with Gasteiger partial charge in [-0.15, -0.1) is 0 Å². The number of nitrogens with zero attached hydrogens (tertiary/aromatic N) is 5. The molecule has 2 saturated heterocycles. The second-order valence-electron chi connectivity index (χ2n) is 9.90. The average Bonchev–Trinajstić information content (AvgIpc) is 3.17. The maximum atomic E-state index is 13.8. The number of carbonyl (C=O) groups excluding carboxylic acids is 1. The van der Waals surface area contributed by atoms with Gasteiger partial charge >= 0.3 is 0 Å². The molecule has 38 heavy (non-hydrogen) atoms. The number of carbonyl (C=O) groups is 1. The zero-order valence-corrected chi connectivity index (χ0v) is 23.6. The molecule has 0 unspecified atom stereocenters. The highest BCUT2D eigenvalue weighted by molar-refractivity contribution is 8.26. The normalized spacial score (nSPS) is 17.4. The molecule has 2 aliphatic heterocycles. The van der Waals surface area contributed by atoms with E-state index in [9.17, 15) is 9.59 Å². The minimum atomic E-state index is -0.194. The monoisotopic (exact) mass is 549 g/mol. The second kappa shape index (κ2) is 10.8. The van der Waals surface area contributed by atoms with E-state index in [0.29, 0.717) is 45.9 Å². The third-order valence-electron chi connectivity index (χ3n) is 6.78. The molecule has 5 rings (SSSR count). The number of thiocarbonyl (C=S) groups is 1. The van der Waals surface area contributed by atoms with Gasteiger partial charge in [0.05, 0.1) is 17.6 Å². The van der Waals surface area contributed by atoms with Crippen molar-refractivity contribution in [1.29, 1.82) is 0 Å². The number of hydrogen-bond donors (Lipinski definition) is 0. The lowest BCUT2D eigenvalue weighted by atomic mass is 10.2. The van der Waals surface area contributed by atoms with Crippen LogP contribution in [0.1, 0.15) is 25.0 Å². The Kier molecular flexibility index (Phi) is 7.45. The van der Waals surface area contributed by atoms with Crippen molar-refractivity contribution in [2.75, 3.05) is 49.6 Å². The van der Waals surface area contributed by atoms with Gasteiger partial charge in [-0.2, -0.15) is 0 Å². The van der Waals surface area contributed by atoms with Gasteiger partial charge in [0.15, 0.2) is 0 Å². The maximum absolute atomic E-state index is 13.8. The Hall–Kier alpha value is -3.37. The van der Waals surface area contributed by atoms with Gasteiger partial charge in [0.1, 0.15) is 21.5 Å². The summed E-state index contributed by atoms with van der Waals surface area (Å²) in [5.74, 6) is 1.56. The Morgan fingerprint density at radius 2 is 1.76 bits per heavy atom. The molecule has 198 valence electrons. The van der Waals surface area contributed by atoms with Crippen molar-refractivity contribution in [1.82, 2.24) is 14.3 Å². The minimum Gasteiger partial charge on any atom is -0.497 e. The molecule has 1 amide bonds. The first-order valence-corrected chi connectivity index (χ1v) is 13.9. The maximum Gasteiger partial charge on any atom is 0.267 e. The Labute approximate surface area is 231 Å².